The Labute approximate surface area is 139 Å². The van der Waals surface area contributed by atoms with Crippen molar-refractivity contribution < 1.29 is 9.53 Å². The molecule has 3 heterocycles. The zero-order chi connectivity index (χ0) is 16.4. The lowest BCUT2D eigenvalue weighted by Crippen LogP contribution is -2.42. The minimum Gasteiger partial charge on any atom is -0.382 e. The maximum absolute atomic E-state index is 12.7. The number of morpholine rings is 1. The van der Waals surface area contributed by atoms with Crippen LogP contribution in [0.15, 0.2) is 23.8 Å². The van der Waals surface area contributed by atoms with Gasteiger partial charge in [-0.25, -0.2) is 4.98 Å². The zero-order valence-corrected chi connectivity index (χ0v) is 14.0. The number of amides is 1. The third-order valence-electron chi connectivity index (χ3n) is 3.85. The molecule has 0 aromatic carbocycles. The van der Waals surface area contributed by atoms with Crippen LogP contribution in [0, 0.1) is 0 Å². The van der Waals surface area contributed by atoms with Crippen molar-refractivity contribution >= 4 is 23.1 Å². The van der Waals surface area contributed by atoms with E-state index in [4.69, 9.17) is 10.5 Å². The largest absolute Gasteiger partial charge is 0.382 e. The molecule has 1 atom stereocenters. The molecule has 1 fully saturated rings. The summed E-state index contributed by atoms with van der Waals surface area (Å²) in [7, 11) is 0. The Morgan fingerprint density at radius 3 is 2.91 bits per heavy atom. The van der Waals surface area contributed by atoms with Crippen molar-refractivity contribution in [2.45, 2.75) is 25.9 Å². The van der Waals surface area contributed by atoms with Crippen LogP contribution in [-0.2, 0) is 4.74 Å². The summed E-state index contributed by atoms with van der Waals surface area (Å²) in [6.07, 6.45) is 2.80. The quantitative estimate of drug-likeness (QED) is 0.934. The molecule has 7 heteroatoms. The lowest BCUT2D eigenvalue weighted by molar-refractivity contribution is -0.0244. The Morgan fingerprint density at radius 1 is 1.43 bits per heavy atom. The number of aromatic nitrogens is 2. The van der Waals surface area contributed by atoms with Crippen LogP contribution in [0.2, 0.25) is 0 Å². The summed E-state index contributed by atoms with van der Waals surface area (Å²) in [5.74, 6) is 0.812. The van der Waals surface area contributed by atoms with E-state index in [1.165, 1.54) is 4.88 Å². The second-order valence-corrected chi connectivity index (χ2v) is 6.77. The lowest BCUT2D eigenvalue weighted by Gasteiger charge is -2.32. The van der Waals surface area contributed by atoms with Gasteiger partial charge in [-0.05, 0) is 12.0 Å². The molecule has 0 radical (unpaired) electrons. The average Bonchev–Trinajstić information content (AvgIpc) is 3.05. The first-order valence-corrected chi connectivity index (χ1v) is 8.50. The smallest absolute Gasteiger partial charge is 0.254 e. The van der Waals surface area contributed by atoms with Crippen LogP contribution in [0.3, 0.4) is 0 Å². The first-order chi connectivity index (χ1) is 11.1. The van der Waals surface area contributed by atoms with Crippen LogP contribution in [-0.4, -0.2) is 40.5 Å². The minimum absolute atomic E-state index is 0.0314. The standard InChI is InChI=1S/C16H20N4O2S/c1-10(2)13-7-11(9-23-13)16(21)20-5-6-22-12(8-20)14-15(17)19-4-3-18-14/h3-4,7,9-10,12H,5-6,8H2,1-2H3,(H2,17,19). The van der Waals surface area contributed by atoms with Crippen molar-refractivity contribution in [3.63, 3.8) is 0 Å². The topological polar surface area (TPSA) is 81.3 Å². The van der Waals surface area contributed by atoms with Crippen molar-refractivity contribution in [2.75, 3.05) is 25.4 Å². The highest BCUT2D eigenvalue weighted by atomic mass is 32.1. The van der Waals surface area contributed by atoms with E-state index in [0.717, 1.165) is 5.56 Å². The molecule has 6 nitrogen and oxygen atoms in total. The number of thiophene rings is 1. The predicted octanol–water partition coefficient (Wildman–Crippen LogP) is 2.46. The second kappa shape index (κ2) is 6.64. The van der Waals surface area contributed by atoms with Gasteiger partial charge in [0.05, 0.1) is 18.7 Å². The van der Waals surface area contributed by atoms with E-state index in [1.54, 1.807) is 28.6 Å². The number of rotatable bonds is 3. The summed E-state index contributed by atoms with van der Waals surface area (Å²) in [6.45, 7) is 5.73. The average molecular weight is 332 g/mol. The van der Waals surface area contributed by atoms with Crippen LogP contribution in [0.1, 0.15) is 46.8 Å². The van der Waals surface area contributed by atoms with E-state index in [9.17, 15) is 4.79 Å². The Kier molecular flexibility index (Phi) is 4.58. The van der Waals surface area contributed by atoms with Gasteiger partial charge in [-0.2, -0.15) is 0 Å². The number of anilines is 1. The molecule has 1 aliphatic rings. The fourth-order valence-corrected chi connectivity index (χ4v) is 3.46. The Hall–Kier alpha value is -1.99. The van der Waals surface area contributed by atoms with Crippen LogP contribution in [0.25, 0.3) is 0 Å². The van der Waals surface area contributed by atoms with E-state index in [1.807, 2.05) is 11.4 Å². The van der Waals surface area contributed by atoms with Crippen LogP contribution >= 0.6 is 11.3 Å². The molecule has 122 valence electrons. The number of carbonyl (C=O) groups excluding carboxylic acids is 1. The number of hydrogen-bond acceptors (Lipinski definition) is 6. The number of carbonyl (C=O) groups is 1. The number of ether oxygens (including phenoxy) is 1. The van der Waals surface area contributed by atoms with E-state index < -0.39 is 0 Å². The van der Waals surface area contributed by atoms with Gasteiger partial charge in [0.15, 0.2) is 0 Å². The van der Waals surface area contributed by atoms with Gasteiger partial charge in [-0.1, -0.05) is 13.8 Å². The summed E-state index contributed by atoms with van der Waals surface area (Å²) < 4.78 is 5.73. The van der Waals surface area contributed by atoms with Gasteiger partial charge in [0.2, 0.25) is 0 Å². The molecule has 1 aliphatic heterocycles. The highest BCUT2D eigenvalue weighted by Crippen LogP contribution is 2.27. The molecule has 1 unspecified atom stereocenters. The first-order valence-electron chi connectivity index (χ1n) is 7.62. The normalized spacial score (nSPS) is 18.4. The van der Waals surface area contributed by atoms with Crippen molar-refractivity contribution in [3.05, 3.63) is 40.0 Å². The molecule has 0 aliphatic carbocycles. The lowest BCUT2D eigenvalue weighted by atomic mass is 10.1. The number of nitrogens with two attached hydrogens (primary N) is 1. The number of hydrogen-bond donors (Lipinski definition) is 1. The molecular weight excluding hydrogens is 312 g/mol. The highest BCUT2D eigenvalue weighted by Gasteiger charge is 2.29. The third-order valence-corrected chi connectivity index (χ3v) is 5.08. The molecular formula is C16H20N4O2S. The van der Waals surface area contributed by atoms with Crippen LogP contribution < -0.4 is 5.73 Å². The SMILES string of the molecule is CC(C)c1cc(C(=O)N2CCOC(c3nccnc3N)C2)cs1. The highest BCUT2D eigenvalue weighted by molar-refractivity contribution is 7.10. The molecule has 3 rings (SSSR count). The second-order valence-electron chi connectivity index (χ2n) is 5.83. The van der Waals surface area contributed by atoms with Crippen molar-refractivity contribution in [3.8, 4) is 0 Å². The van der Waals surface area contributed by atoms with E-state index in [-0.39, 0.29) is 12.0 Å². The molecule has 2 aromatic heterocycles. The number of nitrogen functional groups attached to an aromatic ring is 1. The monoisotopic (exact) mass is 332 g/mol. The Bertz CT molecular complexity index is 701. The zero-order valence-electron chi connectivity index (χ0n) is 13.2. The van der Waals surface area contributed by atoms with E-state index in [0.29, 0.717) is 37.1 Å². The maximum Gasteiger partial charge on any atom is 0.254 e. The van der Waals surface area contributed by atoms with Crippen molar-refractivity contribution in [1.29, 1.82) is 0 Å². The van der Waals surface area contributed by atoms with Gasteiger partial charge in [0.1, 0.15) is 17.6 Å². The summed E-state index contributed by atoms with van der Waals surface area (Å²) in [5, 5.41) is 1.93. The van der Waals surface area contributed by atoms with Gasteiger partial charge in [0.25, 0.3) is 5.91 Å². The molecule has 0 saturated carbocycles. The first kappa shape index (κ1) is 15.9. The summed E-state index contributed by atoms with van der Waals surface area (Å²) in [6, 6.07) is 1.98. The molecule has 0 spiro atoms. The minimum atomic E-state index is -0.329. The Morgan fingerprint density at radius 2 is 2.22 bits per heavy atom. The van der Waals surface area contributed by atoms with Crippen LogP contribution in [0.5, 0.6) is 0 Å². The third kappa shape index (κ3) is 3.35. The van der Waals surface area contributed by atoms with Crippen molar-refractivity contribution in [1.82, 2.24) is 14.9 Å². The summed E-state index contributed by atoms with van der Waals surface area (Å²) >= 11 is 1.63. The van der Waals surface area contributed by atoms with Gasteiger partial charge in [-0.3, -0.25) is 9.78 Å². The van der Waals surface area contributed by atoms with Gasteiger partial charge in [0, 0.05) is 29.2 Å². The molecule has 1 amide bonds. The van der Waals surface area contributed by atoms with Gasteiger partial charge < -0.3 is 15.4 Å². The molecule has 0 bridgehead atoms. The molecule has 2 N–H and O–H groups in total. The predicted molar refractivity (Wildman–Crippen MR) is 89.4 cm³/mol. The summed E-state index contributed by atoms with van der Waals surface area (Å²) in [5.41, 5.74) is 7.20. The fraction of sp³-hybridized carbons (Fsp3) is 0.438. The molecule has 23 heavy (non-hydrogen) atoms. The maximum atomic E-state index is 12.7. The van der Waals surface area contributed by atoms with E-state index >= 15 is 0 Å². The van der Waals surface area contributed by atoms with E-state index in [2.05, 4.69) is 23.8 Å². The number of nitrogens with zero attached hydrogens (tertiary/aromatic N) is 3. The molecule has 1 saturated heterocycles. The van der Waals surface area contributed by atoms with Crippen LogP contribution in [0.4, 0.5) is 5.82 Å². The Balaban J connectivity index is 1.75. The summed E-state index contributed by atoms with van der Waals surface area (Å²) in [4.78, 5) is 24.0. The molecule has 2 aromatic rings. The van der Waals surface area contributed by atoms with Crippen molar-refractivity contribution in [2.24, 2.45) is 0 Å². The van der Waals surface area contributed by atoms with Gasteiger partial charge >= 0.3 is 0 Å². The fourth-order valence-electron chi connectivity index (χ4n) is 2.56. The van der Waals surface area contributed by atoms with Gasteiger partial charge in [-0.15, -0.1) is 11.3 Å².